The highest BCUT2D eigenvalue weighted by molar-refractivity contribution is 9.10. The van der Waals surface area contributed by atoms with Crippen molar-refractivity contribution in [2.45, 2.75) is 13.5 Å². The van der Waals surface area contributed by atoms with Crippen molar-refractivity contribution in [1.82, 2.24) is 24.5 Å². The molecule has 1 aliphatic rings. The van der Waals surface area contributed by atoms with Crippen LogP contribution in [0.3, 0.4) is 0 Å². The van der Waals surface area contributed by atoms with E-state index in [-0.39, 0.29) is 5.91 Å². The fourth-order valence-corrected chi connectivity index (χ4v) is 2.71. The predicted octanol–water partition coefficient (Wildman–Crippen LogP) is 1.46. The summed E-state index contributed by atoms with van der Waals surface area (Å²) in [5.41, 5.74) is 1.53. The first-order valence-corrected chi connectivity index (χ1v) is 7.30. The second kappa shape index (κ2) is 5.05. The van der Waals surface area contributed by atoms with Gasteiger partial charge in [0, 0.05) is 44.5 Å². The van der Waals surface area contributed by atoms with E-state index < -0.39 is 0 Å². The van der Waals surface area contributed by atoms with E-state index >= 15 is 0 Å². The number of amides is 1. The quantitative estimate of drug-likeness (QED) is 0.851. The van der Waals surface area contributed by atoms with Crippen LogP contribution < -0.4 is 0 Å². The maximum atomic E-state index is 12.2. The van der Waals surface area contributed by atoms with Crippen molar-refractivity contribution in [1.29, 1.82) is 0 Å². The SMILES string of the molecule is Cc1cc(C(=O)N2CC(Cn3cc(Br)cn3)C2)nn1C. The van der Waals surface area contributed by atoms with Crippen molar-refractivity contribution in [3.05, 3.63) is 34.3 Å². The highest BCUT2D eigenvalue weighted by atomic mass is 79.9. The minimum atomic E-state index is 0.0200. The van der Waals surface area contributed by atoms with E-state index in [4.69, 9.17) is 0 Å². The Labute approximate surface area is 125 Å². The molecule has 0 saturated carbocycles. The molecule has 0 bridgehead atoms. The number of aromatic nitrogens is 4. The Morgan fingerprint density at radius 3 is 2.80 bits per heavy atom. The number of nitrogens with zero attached hydrogens (tertiary/aromatic N) is 5. The number of carbonyl (C=O) groups excluding carboxylic acids is 1. The zero-order chi connectivity index (χ0) is 14.3. The normalized spacial score (nSPS) is 15.4. The third kappa shape index (κ3) is 2.49. The molecule has 1 fully saturated rings. The molecule has 20 heavy (non-hydrogen) atoms. The summed E-state index contributed by atoms with van der Waals surface area (Å²) in [6.07, 6.45) is 3.73. The van der Waals surface area contributed by atoms with E-state index in [9.17, 15) is 4.79 Å². The van der Waals surface area contributed by atoms with Gasteiger partial charge in [0.05, 0.1) is 10.7 Å². The molecular weight excluding hydrogens is 322 g/mol. The predicted molar refractivity (Wildman–Crippen MR) is 77.3 cm³/mol. The fourth-order valence-electron chi connectivity index (χ4n) is 2.38. The second-order valence-corrected chi connectivity index (χ2v) is 6.17. The number of aryl methyl sites for hydroxylation is 2. The van der Waals surface area contributed by atoms with E-state index in [0.717, 1.165) is 29.8 Å². The summed E-state index contributed by atoms with van der Waals surface area (Å²) in [5.74, 6) is 0.488. The van der Waals surface area contributed by atoms with Crippen molar-refractivity contribution < 1.29 is 4.79 Å². The van der Waals surface area contributed by atoms with Crippen LogP contribution in [0.1, 0.15) is 16.2 Å². The average Bonchev–Trinajstić information content (AvgIpc) is 2.90. The Balaban J connectivity index is 1.56. The summed E-state index contributed by atoms with van der Waals surface area (Å²) in [5, 5.41) is 8.46. The first-order valence-electron chi connectivity index (χ1n) is 6.51. The molecule has 7 heteroatoms. The van der Waals surface area contributed by atoms with Crippen LogP contribution in [0.5, 0.6) is 0 Å². The second-order valence-electron chi connectivity index (χ2n) is 5.25. The number of carbonyl (C=O) groups is 1. The first kappa shape index (κ1) is 13.4. The van der Waals surface area contributed by atoms with Gasteiger partial charge in [-0.05, 0) is 28.9 Å². The lowest BCUT2D eigenvalue weighted by Crippen LogP contribution is -2.51. The summed E-state index contributed by atoms with van der Waals surface area (Å²) in [6, 6.07) is 1.83. The molecule has 0 radical (unpaired) electrons. The van der Waals surface area contributed by atoms with E-state index in [0.29, 0.717) is 11.6 Å². The molecule has 3 heterocycles. The van der Waals surface area contributed by atoms with Crippen molar-refractivity contribution >= 4 is 21.8 Å². The third-order valence-corrected chi connectivity index (χ3v) is 4.03. The van der Waals surface area contributed by atoms with Crippen molar-refractivity contribution in [2.24, 2.45) is 13.0 Å². The number of rotatable bonds is 3. The van der Waals surface area contributed by atoms with Crippen LogP contribution in [0.15, 0.2) is 22.9 Å². The summed E-state index contributed by atoms with van der Waals surface area (Å²) in [4.78, 5) is 14.1. The Bertz CT molecular complexity index is 621. The van der Waals surface area contributed by atoms with Gasteiger partial charge in [0.15, 0.2) is 5.69 Å². The molecule has 0 unspecified atom stereocenters. The van der Waals surface area contributed by atoms with Crippen LogP contribution in [0.25, 0.3) is 0 Å². The molecule has 0 N–H and O–H groups in total. The van der Waals surface area contributed by atoms with Crippen LogP contribution in [-0.2, 0) is 13.6 Å². The lowest BCUT2D eigenvalue weighted by atomic mass is 10.00. The van der Waals surface area contributed by atoms with Crippen molar-refractivity contribution in [3.8, 4) is 0 Å². The molecule has 0 aliphatic carbocycles. The van der Waals surface area contributed by atoms with Crippen LogP contribution >= 0.6 is 15.9 Å². The molecule has 2 aromatic rings. The smallest absolute Gasteiger partial charge is 0.274 e. The minimum absolute atomic E-state index is 0.0200. The molecule has 3 rings (SSSR count). The van der Waals surface area contributed by atoms with Gasteiger partial charge < -0.3 is 4.90 Å². The van der Waals surface area contributed by atoms with Gasteiger partial charge >= 0.3 is 0 Å². The standard InChI is InChI=1S/C13H16BrN5O/c1-9-3-12(16-17(9)2)13(20)18-5-10(6-18)7-19-8-11(14)4-15-19/h3-4,8,10H,5-7H2,1-2H3. The van der Waals surface area contributed by atoms with Gasteiger partial charge in [-0.1, -0.05) is 0 Å². The zero-order valence-corrected chi connectivity index (χ0v) is 13.0. The van der Waals surface area contributed by atoms with E-state index in [1.54, 1.807) is 10.9 Å². The van der Waals surface area contributed by atoms with E-state index in [2.05, 4.69) is 26.1 Å². The number of likely N-dealkylation sites (tertiary alicyclic amines) is 1. The minimum Gasteiger partial charge on any atom is -0.336 e. The highest BCUT2D eigenvalue weighted by Gasteiger charge is 2.32. The lowest BCUT2D eigenvalue weighted by molar-refractivity contribution is 0.0454. The number of halogens is 1. The largest absolute Gasteiger partial charge is 0.336 e. The molecule has 1 amide bonds. The Hall–Kier alpha value is -1.63. The van der Waals surface area contributed by atoms with Gasteiger partial charge in [-0.25, -0.2) is 0 Å². The first-order chi connectivity index (χ1) is 9.52. The fraction of sp³-hybridized carbons (Fsp3) is 0.462. The van der Waals surface area contributed by atoms with Gasteiger partial charge in [-0.15, -0.1) is 0 Å². The van der Waals surface area contributed by atoms with Crippen LogP contribution in [-0.4, -0.2) is 43.5 Å². The Morgan fingerprint density at radius 2 is 2.25 bits per heavy atom. The van der Waals surface area contributed by atoms with Crippen LogP contribution in [0.2, 0.25) is 0 Å². The van der Waals surface area contributed by atoms with Gasteiger partial charge in [0.1, 0.15) is 0 Å². The van der Waals surface area contributed by atoms with Gasteiger partial charge in [0.25, 0.3) is 5.91 Å². The van der Waals surface area contributed by atoms with Gasteiger partial charge in [0.2, 0.25) is 0 Å². The molecule has 1 aliphatic heterocycles. The number of hydrogen-bond acceptors (Lipinski definition) is 3. The molecule has 1 saturated heterocycles. The molecule has 0 atom stereocenters. The molecular formula is C13H16BrN5O. The molecule has 0 aromatic carbocycles. The molecule has 106 valence electrons. The maximum absolute atomic E-state index is 12.2. The molecule has 6 nitrogen and oxygen atoms in total. The number of hydrogen-bond donors (Lipinski definition) is 0. The summed E-state index contributed by atoms with van der Waals surface area (Å²) in [7, 11) is 1.85. The average molecular weight is 338 g/mol. The van der Waals surface area contributed by atoms with E-state index in [1.165, 1.54) is 0 Å². The third-order valence-electron chi connectivity index (χ3n) is 3.62. The highest BCUT2D eigenvalue weighted by Crippen LogP contribution is 2.20. The van der Waals surface area contributed by atoms with Gasteiger partial charge in [-0.2, -0.15) is 10.2 Å². The van der Waals surface area contributed by atoms with Crippen molar-refractivity contribution in [2.75, 3.05) is 13.1 Å². The molecule has 2 aromatic heterocycles. The summed E-state index contributed by atoms with van der Waals surface area (Å²) < 4.78 is 4.61. The van der Waals surface area contributed by atoms with Crippen LogP contribution in [0, 0.1) is 12.8 Å². The van der Waals surface area contributed by atoms with E-state index in [1.807, 2.05) is 35.8 Å². The zero-order valence-electron chi connectivity index (χ0n) is 11.5. The summed E-state index contributed by atoms with van der Waals surface area (Å²) >= 11 is 3.38. The van der Waals surface area contributed by atoms with Crippen LogP contribution in [0.4, 0.5) is 0 Å². The topological polar surface area (TPSA) is 56.0 Å². The monoisotopic (exact) mass is 337 g/mol. The maximum Gasteiger partial charge on any atom is 0.274 e. The summed E-state index contributed by atoms with van der Waals surface area (Å²) in [6.45, 7) is 4.33. The molecule has 0 spiro atoms. The van der Waals surface area contributed by atoms with Crippen molar-refractivity contribution in [3.63, 3.8) is 0 Å². The van der Waals surface area contributed by atoms with Gasteiger partial charge in [-0.3, -0.25) is 14.2 Å². The Morgan fingerprint density at radius 1 is 1.50 bits per heavy atom. The lowest BCUT2D eigenvalue weighted by Gasteiger charge is -2.38. The Kier molecular flexibility index (Phi) is 3.37.